The second kappa shape index (κ2) is 5.16. The second-order valence-corrected chi connectivity index (χ2v) is 3.63. The molecule has 0 saturated carbocycles. The first-order valence-corrected chi connectivity index (χ1v) is 5.28. The van der Waals surface area contributed by atoms with Crippen LogP contribution in [0.4, 0.5) is 13.2 Å². The molecular formula is C12H7F3N2O3. The van der Waals surface area contributed by atoms with Gasteiger partial charge in [-0.05, 0) is 18.2 Å². The zero-order chi connectivity index (χ0) is 14.8. The number of halogens is 3. The van der Waals surface area contributed by atoms with Gasteiger partial charge >= 0.3 is 18.2 Å². The summed E-state index contributed by atoms with van der Waals surface area (Å²) in [5, 5.41) is 8.73. The molecule has 0 radical (unpaired) electrons. The van der Waals surface area contributed by atoms with Crippen LogP contribution < -0.4 is 4.74 Å². The van der Waals surface area contributed by atoms with E-state index in [2.05, 4.69) is 9.97 Å². The third-order valence-corrected chi connectivity index (χ3v) is 2.25. The molecule has 0 unspecified atom stereocenters. The highest BCUT2D eigenvalue weighted by Crippen LogP contribution is 2.37. The van der Waals surface area contributed by atoms with Gasteiger partial charge in [-0.2, -0.15) is 18.2 Å². The molecule has 0 saturated heterocycles. The van der Waals surface area contributed by atoms with Gasteiger partial charge in [0.15, 0.2) is 5.69 Å². The van der Waals surface area contributed by atoms with E-state index in [-0.39, 0.29) is 5.69 Å². The Morgan fingerprint density at radius 1 is 1.20 bits per heavy atom. The van der Waals surface area contributed by atoms with Gasteiger partial charge in [0.2, 0.25) is 0 Å². The summed E-state index contributed by atoms with van der Waals surface area (Å²) in [6.07, 6.45) is -3.51. The third kappa shape index (κ3) is 3.02. The fraction of sp³-hybridized carbons (Fsp3) is 0.0833. The van der Waals surface area contributed by atoms with Crippen molar-refractivity contribution in [2.24, 2.45) is 0 Å². The number of rotatable bonds is 3. The van der Waals surface area contributed by atoms with E-state index in [1.807, 2.05) is 0 Å². The van der Waals surface area contributed by atoms with Crippen LogP contribution in [0, 0.1) is 0 Å². The van der Waals surface area contributed by atoms with Crippen molar-refractivity contribution in [3.05, 3.63) is 47.8 Å². The van der Waals surface area contributed by atoms with E-state index in [1.165, 1.54) is 12.1 Å². The molecule has 0 bridgehead atoms. The molecule has 5 nitrogen and oxygen atoms in total. The maximum absolute atomic E-state index is 12.7. The molecule has 0 aliphatic heterocycles. The van der Waals surface area contributed by atoms with Crippen LogP contribution in [0.15, 0.2) is 36.5 Å². The van der Waals surface area contributed by atoms with Crippen molar-refractivity contribution in [1.82, 2.24) is 9.97 Å². The first-order chi connectivity index (χ1) is 9.38. The summed E-state index contributed by atoms with van der Waals surface area (Å²) in [7, 11) is 0. The molecular weight excluding hydrogens is 277 g/mol. The first-order valence-electron chi connectivity index (χ1n) is 5.28. The van der Waals surface area contributed by atoms with Crippen LogP contribution in [0.2, 0.25) is 0 Å². The fourth-order valence-electron chi connectivity index (χ4n) is 1.40. The van der Waals surface area contributed by atoms with E-state index in [4.69, 9.17) is 9.84 Å². The minimum Gasteiger partial charge on any atom is -0.477 e. The van der Waals surface area contributed by atoms with Crippen LogP contribution in [0.5, 0.6) is 11.8 Å². The van der Waals surface area contributed by atoms with E-state index < -0.39 is 29.5 Å². The molecule has 1 aromatic heterocycles. The van der Waals surface area contributed by atoms with Gasteiger partial charge in [0, 0.05) is 6.20 Å². The minimum absolute atomic E-state index is 0.375. The summed E-state index contributed by atoms with van der Waals surface area (Å²) in [4.78, 5) is 17.8. The molecule has 0 spiro atoms. The number of benzene rings is 1. The van der Waals surface area contributed by atoms with Gasteiger partial charge in [0.1, 0.15) is 5.75 Å². The van der Waals surface area contributed by atoms with Crippen molar-refractivity contribution in [3.8, 4) is 11.8 Å². The molecule has 8 heteroatoms. The van der Waals surface area contributed by atoms with Crippen LogP contribution in [0.25, 0.3) is 0 Å². The maximum Gasteiger partial charge on any atom is 0.419 e. The van der Waals surface area contributed by atoms with Gasteiger partial charge < -0.3 is 9.84 Å². The Hall–Kier alpha value is -2.64. The van der Waals surface area contributed by atoms with Crippen molar-refractivity contribution < 1.29 is 27.8 Å². The Bertz CT molecular complexity index is 644. The lowest BCUT2D eigenvalue weighted by Crippen LogP contribution is -2.08. The quantitative estimate of drug-likeness (QED) is 0.938. The van der Waals surface area contributed by atoms with Crippen LogP contribution in [0.1, 0.15) is 16.1 Å². The molecule has 0 aliphatic carbocycles. The standard InChI is InChI=1S/C12H7F3N2O3/c13-12(14,15)7-3-1-2-4-9(7)20-11-16-6-5-8(17-11)10(18)19/h1-6H,(H,18,19). The number of alkyl halides is 3. The molecule has 2 aromatic rings. The van der Waals surface area contributed by atoms with Crippen molar-refractivity contribution in [1.29, 1.82) is 0 Å². The van der Waals surface area contributed by atoms with E-state index in [1.54, 1.807) is 0 Å². The van der Waals surface area contributed by atoms with Crippen molar-refractivity contribution in [3.63, 3.8) is 0 Å². The molecule has 104 valence electrons. The monoisotopic (exact) mass is 284 g/mol. The predicted molar refractivity (Wildman–Crippen MR) is 60.5 cm³/mol. The molecule has 0 atom stereocenters. The highest BCUT2D eigenvalue weighted by molar-refractivity contribution is 5.85. The zero-order valence-electron chi connectivity index (χ0n) is 9.76. The van der Waals surface area contributed by atoms with Crippen LogP contribution in [0.3, 0.4) is 0 Å². The Morgan fingerprint density at radius 3 is 2.55 bits per heavy atom. The number of aromatic nitrogens is 2. The number of hydrogen-bond acceptors (Lipinski definition) is 4. The summed E-state index contributed by atoms with van der Waals surface area (Å²) >= 11 is 0. The maximum atomic E-state index is 12.7. The van der Waals surface area contributed by atoms with Gasteiger partial charge in [-0.25, -0.2) is 9.78 Å². The Labute approximate surface area is 110 Å². The van der Waals surface area contributed by atoms with E-state index in [9.17, 15) is 18.0 Å². The highest BCUT2D eigenvalue weighted by Gasteiger charge is 2.34. The fourth-order valence-corrected chi connectivity index (χ4v) is 1.40. The molecule has 0 aliphatic rings. The van der Waals surface area contributed by atoms with Gasteiger partial charge in [0.05, 0.1) is 5.56 Å². The Morgan fingerprint density at radius 2 is 1.90 bits per heavy atom. The minimum atomic E-state index is -4.60. The van der Waals surface area contributed by atoms with Gasteiger partial charge in [-0.15, -0.1) is 0 Å². The van der Waals surface area contributed by atoms with Crippen molar-refractivity contribution in [2.75, 3.05) is 0 Å². The van der Waals surface area contributed by atoms with Gasteiger partial charge in [-0.1, -0.05) is 12.1 Å². The lowest BCUT2D eigenvalue weighted by Gasteiger charge is -2.12. The Balaban J connectivity index is 2.36. The molecule has 2 rings (SSSR count). The van der Waals surface area contributed by atoms with Crippen molar-refractivity contribution in [2.45, 2.75) is 6.18 Å². The third-order valence-electron chi connectivity index (χ3n) is 2.25. The van der Waals surface area contributed by atoms with E-state index >= 15 is 0 Å². The summed E-state index contributed by atoms with van der Waals surface area (Å²) in [6, 6.07) is 5.14. The number of aromatic carboxylic acids is 1. The molecule has 0 fully saturated rings. The van der Waals surface area contributed by atoms with Crippen LogP contribution in [-0.4, -0.2) is 21.0 Å². The number of carbonyl (C=O) groups is 1. The number of hydrogen-bond donors (Lipinski definition) is 1. The zero-order valence-corrected chi connectivity index (χ0v) is 9.76. The molecule has 1 N–H and O–H groups in total. The van der Waals surface area contributed by atoms with Crippen molar-refractivity contribution >= 4 is 5.97 Å². The summed E-state index contributed by atoms with van der Waals surface area (Å²) in [5.74, 6) is -1.83. The van der Waals surface area contributed by atoms with Gasteiger partial charge in [-0.3, -0.25) is 0 Å². The van der Waals surface area contributed by atoms with Gasteiger partial charge in [0.25, 0.3) is 0 Å². The van der Waals surface area contributed by atoms with E-state index in [0.717, 1.165) is 24.4 Å². The van der Waals surface area contributed by atoms with Crippen LogP contribution >= 0.6 is 0 Å². The normalized spacial score (nSPS) is 11.2. The molecule has 20 heavy (non-hydrogen) atoms. The van der Waals surface area contributed by atoms with E-state index in [0.29, 0.717) is 0 Å². The summed E-state index contributed by atoms with van der Waals surface area (Å²) in [5.41, 5.74) is -1.37. The predicted octanol–water partition coefficient (Wildman–Crippen LogP) is 2.99. The number of carboxylic acid groups (broad SMARTS) is 1. The number of carboxylic acids is 1. The lowest BCUT2D eigenvalue weighted by molar-refractivity contribution is -0.138. The SMILES string of the molecule is O=C(O)c1ccnc(Oc2ccccc2C(F)(F)F)n1. The topological polar surface area (TPSA) is 72.3 Å². The smallest absolute Gasteiger partial charge is 0.419 e. The molecule has 1 aromatic carbocycles. The number of nitrogens with zero attached hydrogens (tertiary/aromatic N) is 2. The largest absolute Gasteiger partial charge is 0.477 e. The number of ether oxygens (including phenoxy) is 1. The first kappa shape index (κ1) is 13.8. The Kier molecular flexibility index (Phi) is 3.55. The average Bonchev–Trinajstić information content (AvgIpc) is 2.38. The summed E-state index contributed by atoms with van der Waals surface area (Å²) in [6.45, 7) is 0. The summed E-state index contributed by atoms with van der Waals surface area (Å²) < 4.78 is 43.2. The molecule has 0 amide bonds. The molecule has 1 heterocycles. The number of para-hydroxylation sites is 1. The average molecular weight is 284 g/mol. The van der Waals surface area contributed by atoms with Crippen LogP contribution in [-0.2, 0) is 6.18 Å². The lowest BCUT2D eigenvalue weighted by atomic mass is 10.2. The second-order valence-electron chi connectivity index (χ2n) is 3.63. The highest BCUT2D eigenvalue weighted by atomic mass is 19.4.